The van der Waals surface area contributed by atoms with Crippen LogP contribution in [-0.4, -0.2) is 48.1 Å². The molecular formula is C34H37KN2O6S2. The summed E-state index contributed by atoms with van der Waals surface area (Å²) in [6, 6.07) is 12.6. The molecule has 232 valence electrons. The number of Topliss-reactive ketones (excluding diaryl/α,β-unsaturated/α-hetero) is 1. The van der Waals surface area contributed by atoms with E-state index in [0.29, 0.717) is 41.1 Å². The number of hydrogen-bond donors (Lipinski definition) is 1. The number of likely N-dealkylation sites (N-methyl/N-ethyl adjacent to an activating group) is 1. The summed E-state index contributed by atoms with van der Waals surface area (Å²) in [5.41, 5.74) is 5.52. The van der Waals surface area contributed by atoms with Crippen molar-refractivity contribution in [2.75, 3.05) is 18.0 Å². The monoisotopic (exact) mass is 672 g/mol. The Balaban J connectivity index is 0.00000461. The number of unbranched alkanes of at least 4 members (excludes halogenated alkanes) is 2. The Morgan fingerprint density at radius 1 is 1.00 bits per heavy atom. The molecule has 0 aromatic heterocycles. The van der Waals surface area contributed by atoms with Crippen molar-refractivity contribution < 1.29 is 83.6 Å². The number of aliphatic carboxylic acids is 1. The molecule has 0 N–H and O–H groups in total. The molecule has 2 aliphatic heterocycles. The van der Waals surface area contributed by atoms with Crippen LogP contribution in [0.1, 0.15) is 71.4 Å². The molecule has 0 amide bonds. The van der Waals surface area contributed by atoms with E-state index in [9.17, 15) is 27.7 Å². The number of carboxylic acid groups (broad SMARTS) is 1. The molecule has 0 radical (unpaired) electrons. The van der Waals surface area contributed by atoms with Crippen molar-refractivity contribution in [1.82, 2.24) is 0 Å². The summed E-state index contributed by atoms with van der Waals surface area (Å²) < 4.78 is 37.5. The van der Waals surface area contributed by atoms with Crippen LogP contribution in [-0.2, 0) is 30.5 Å². The van der Waals surface area contributed by atoms with Gasteiger partial charge in [0.1, 0.15) is 16.7 Å². The number of thiol groups is 1. The molecule has 2 aromatic carbocycles. The van der Waals surface area contributed by atoms with Gasteiger partial charge in [0, 0.05) is 69.5 Å². The molecular weight excluding hydrogens is 636 g/mol. The van der Waals surface area contributed by atoms with Gasteiger partial charge in [0.2, 0.25) is 5.69 Å². The first kappa shape index (κ1) is 36.0. The van der Waals surface area contributed by atoms with Crippen molar-refractivity contribution in [2.24, 2.45) is 0 Å². The van der Waals surface area contributed by atoms with Gasteiger partial charge in [-0.25, -0.2) is 8.42 Å². The quantitative estimate of drug-likeness (QED) is 0.102. The van der Waals surface area contributed by atoms with Crippen molar-refractivity contribution >= 4 is 51.6 Å². The van der Waals surface area contributed by atoms with E-state index in [4.69, 9.17) is 12.6 Å². The molecule has 3 aliphatic rings. The third kappa shape index (κ3) is 6.52. The average Bonchev–Trinajstić information content (AvgIpc) is 3.31. The summed E-state index contributed by atoms with van der Waals surface area (Å²) in [7, 11) is -4.62. The second kappa shape index (κ2) is 13.3. The molecule has 2 heterocycles. The predicted molar refractivity (Wildman–Crippen MR) is 170 cm³/mol. The van der Waals surface area contributed by atoms with Crippen molar-refractivity contribution in [3.05, 3.63) is 87.5 Å². The predicted octanol–water partition coefficient (Wildman–Crippen LogP) is 1.68. The van der Waals surface area contributed by atoms with Gasteiger partial charge in [-0.15, -0.1) is 12.6 Å². The Labute approximate surface area is 313 Å². The van der Waals surface area contributed by atoms with Gasteiger partial charge >= 0.3 is 51.4 Å². The Bertz CT molecular complexity index is 1820. The zero-order valence-electron chi connectivity index (χ0n) is 26.6. The Hall–Kier alpha value is -1.83. The van der Waals surface area contributed by atoms with Gasteiger partial charge in [-0.1, -0.05) is 32.0 Å². The zero-order valence-corrected chi connectivity index (χ0v) is 31.5. The van der Waals surface area contributed by atoms with Crippen molar-refractivity contribution in [3.8, 4) is 0 Å². The van der Waals surface area contributed by atoms with Crippen LogP contribution in [0.15, 0.2) is 81.3 Å². The van der Waals surface area contributed by atoms with Crippen molar-refractivity contribution in [1.29, 1.82) is 0 Å². The van der Waals surface area contributed by atoms with Gasteiger partial charge in [-0.3, -0.25) is 4.79 Å². The van der Waals surface area contributed by atoms with Crippen LogP contribution < -0.4 is 61.4 Å². The largest absolute Gasteiger partial charge is 1.00 e. The number of ketones is 1. The summed E-state index contributed by atoms with van der Waals surface area (Å²) in [6.07, 6.45) is 5.91. The number of anilines is 1. The van der Waals surface area contributed by atoms with Gasteiger partial charge in [-0.05, 0) is 69.9 Å². The minimum atomic E-state index is -4.62. The van der Waals surface area contributed by atoms with Crippen LogP contribution in [0.5, 0.6) is 0 Å². The maximum Gasteiger partial charge on any atom is 1.00 e. The summed E-state index contributed by atoms with van der Waals surface area (Å²) in [4.78, 5) is 26.9. The first-order valence-electron chi connectivity index (χ1n) is 14.8. The van der Waals surface area contributed by atoms with E-state index in [1.165, 1.54) is 12.1 Å². The molecule has 0 saturated carbocycles. The van der Waals surface area contributed by atoms with Crippen LogP contribution in [0, 0.1) is 0 Å². The summed E-state index contributed by atoms with van der Waals surface area (Å²) >= 11 is 4.79. The molecule has 0 saturated heterocycles. The third-order valence-corrected chi connectivity index (χ3v) is 10.4. The number of para-hydroxylation sites is 1. The maximum atomic E-state index is 13.7. The van der Waals surface area contributed by atoms with Gasteiger partial charge in [0.15, 0.2) is 11.5 Å². The fourth-order valence-electron chi connectivity index (χ4n) is 6.65. The standard InChI is InChI=1S/C34H38N2O6S2.K/c1-6-35-27-16-15-21(44(40,41)42)18-25(27)34(4,5)28(35)19-22-31(39)23(32(22)43)20-29-33(2,3)24-12-9-10-13-26(24)36(29)17-11-7-8-14-30(37)38;/h9-10,12-13,15-16,18-20H,6-8,11,14,17H2,1-5H3,(H2-,37,38,39,40,41,42,43);/q;+1/p-1. The first-order chi connectivity index (χ1) is 20.6. The van der Waals surface area contributed by atoms with Crippen LogP contribution in [0.25, 0.3) is 0 Å². The van der Waals surface area contributed by atoms with Crippen LogP contribution >= 0.6 is 12.6 Å². The van der Waals surface area contributed by atoms with Crippen molar-refractivity contribution in [3.63, 3.8) is 0 Å². The molecule has 0 bridgehead atoms. The first-order valence-corrected chi connectivity index (χ1v) is 16.7. The second-order valence-electron chi connectivity index (χ2n) is 12.5. The van der Waals surface area contributed by atoms with E-state index < -0.39 is 21.5 Å². The number of carbonyl (C=O) groups is 2. The molecule has 8 nitrogen and oxygen atoms in total. The number of fused-ring (bicyclic) bond motifs is 2. The van der Waals surface area contributed by atoms with Gasteiger partial charge < -0.3 is 19.4 Å². The van der Waals surface area contributed by atoms with E-state index in [0.717, 1.165) is 41.2 Å². The van der Waals surface area contributed by atoms with E-state index in [-0.39, 0.29) is 73.9 Å². The van der Waals surface area contributed by atoms with E-state index >= 15 is 0 Å². The number of allylic oxidation sites excluding steroid dienone is 5. The van der Waals surface area contributed by atoms with E-state index in [1.54, 1.807) is 6.07 Å². The molecule has 45 heavy (non-hydrogen) atoms. The minimum absolute atomic E-state index is 0. The normalized spacial score (nSPS) is 20.0. The molecule has 0 fully saturated rings. The Kier molecular flexibility index (Phi) is 10.7. The van der Waals surface area contributed by atoms with Gasteiger partial charge in [0.05, 0.1) is 10.3 Å². The van der Waals surface area contributed by atoms with Gasteiger partial charge in [-0.2, -0.15) is 4.58 Å². The number of carbonyl (C=O) groups excluding carboxylic acids is 2. The van der Waals surface area contributed by atoms with Crippen LogP contribution in [0.3, 0.4) is 0 Å². The number of nitrogens with zero attached hydrogens (tertiary/aromatic N) is 2. The Morgan fingerprint density at radius 2 is 1.69 bits per heavy atom. The number of rotatable bonds is 10. The third-order valence-electron chi connectivity index (χ3n) is 9.09. The van der Waals surface area contributed by atoms with Crippen molar-refractivity contribution in [2.45, 2.75) is 76.0 Å². The summed E-state index contributed by atoms with van der Waals surface area (Å²) in [6.45, 7) is 11.4. The summed E-state index contributed by atoms with van der Waals surface area (Å²) in [5, 5.41) is 10.8. The fraction of sp³-hybridized carbons (Fsp3) is 0.382. The molecule has 2 aromatic rings. The van der Waals surface area contributed by atoms with Crippen LogP contribution in [0.2, 0.25) is 0 Å². The zero-order chi connectivity index (χ0) is 32.2. The Morgan fingerprint density at radius 3 is 2.31 bits per heavy atom. The van der Waals surface area contributed by atoms with E-state index in [1.807, 2.05) is 50.0 Å². The average molecular weight is 673 g/mol. The molecule has 5 rings (SSSR count). The topological polar surface area (TPSA) is 121 Å². The number of benzene rings is 2. The smallest absolute Gasteiger partial charge is 0.744 e. The summed E-state index contributed by atoms with van der Waals surface area (Å²) in [5.74, 6) is -1.16. The maximum absolute atomic E-state index is 13.7. The SMILES string of the molecule is CCN1C(=CC2=C(S)C(=CC3=[N+](CCCCCC(=O)[O-])c4ccccc4C3(C)C)C2=O)C(C)(C)c2cc(S(=O)(=O)[O-])ccc21.[K+]. The second-order valence-corrected chi connectivity index (χ2v) is 14.4. The molecule has 11 heteroatoms. The number of hydrogen-bond acceptors (Lipinski definition) is 8. The van der Waals surface area contributed by atoms with Crippen LogP contribution in [0.4, 0.5) is 11.4 Å². The number of carboxylic acids is 1. The molecule has 0 unspecified atom stereocenters. The molecule has 1 aliphatic carbocycles. The molecule has 0 atom stereocenters. The van der Waals surface area contributed by atoms with Gasteiger partial charge in [0.25, 0.3) is 0 Å². The minimum Gasteiger partial charge on any atom is -0.744 e. The van der Waals surface area contributed by atoms with E-state index in [2.05, 4.69) is 30.6 Å². The fourth-order valence-corrected chi connectivity index (χ4v) is 7.48. The molecule has 0 spiro atoms.